The fourth-order valence-corrected chi connectivity index (χ4v) is 8.72. The summed E-state index contributed by atoms with van der Waals surface area (Å²) >= 11 is 0. The third-order valence-electron chi connectivity index (χ3n) is 12.0. The number of pyridine rings is 1. The molecule has 0 unspecified atom stereocenters. The number of aromatic nitrogens is 4. The summed E-state index contributed by atoms with van der Waals surface area (Å²) in [5.41, 5.74) is 17.8. The van der Waals surface area contributed by atoms with Gasteiger partial charge in [0, 0.05) is 44.5 Å². The van der Waals surface area contributed by atoms with Crippen molar-refractivity contribution in [2.24, 2.45) is 0 Å². The van der Waals surface area contributed by atoms with Crippen LogP contribution < -0.4 is 0 Å². The minimum Gasteiger partial charge on any atom is -0.246 e. The minimum absolute atomic E-state index is 0.614. The van der Waals surface area contributed by atoms with Crippen LogP contribution in [0.1, 0.15) is 0 Å². The minimum atomic E-state index is 0.614. The molecule has 0 bridgehead atoms. The Balaban J connectivity index is 1.05. The van der Waals surface area contributed by atoms with Crippen LogP contribution in [0.25, 0.3) is 112 Å². The first-order valence-electron chi connectivity index (χ1n) is 22.2. The van der Waals surface area contributed by atoms with Gasteiger partial charge in [-0.15, -0.1) is 0 Å². The molecule has 2 aromatic heterocycles. The largest absolute Gasteiger partial charge is 0.246 e. The molecule has 4 nitrogen and oxygen atoms in total. The molecule has 0 fully saturated rings. The summed E-state index contributed by atoms with van der Waals surface area (Å²) in [6.45, 7) is 0. The average molecular weight is 843 g/mol. The molecule has 0 aliphatic carbocycles. The Labute approximate surface area is 385 Å². The zero-order valence-electron chi connectivity index (χ0n) is 36.0. The maximum Gasteiger partial charge on any atom is 0.164 e. The van der Waals surface area contributed by atoms with Gasteiger partial charge < -0.3 is 0 Å². The second kappa shape index (κ2) is 18.1. The molecular formula is C62H42N4. The molecule has 66 heavy (non-hydrogen) atoms. The lowest BCUT2D eigenvalue weighted by Crippen LogP contribution is -2.01. The van der Waals surface area contributed by atoms with E-state index in [2.05, 4.69) is 218 Å². The van der Waals surface area contributed by atoms with Crippen molar-refractivity contribution >= 4 is 0 Å². The molecule has 9 aromatic carbocycles. The van der Waals surface area contributed by atoms with Crippen molar-refractivity contribution in [1.29, 1.82) is 0 Å². The van der Waals surface area contributed by atoms with E-state index in [0.29, 0.717) is 17.5 Å². The van der Waals surface area contributed by atoms with Crippen molar-refractivity contribution in [1.82, 2.24) is 19.9 Å². The van der Waals surface area contributed by atoms with Crippen molar-refractivity contribution < 1.29 is 0 Å². The number of hydrogen-bond donors (Lipinski definition) is 0. The van der Waals surface area contributed by atoms with Crippen molar-refractivity contribution in [3.63, 3.8) is 0 Å². The van der Waals surface area contributed by atoms with Gasteiger partial charge in [-0.2, -0.15) is 0 Å². The summed E-state index contributed by atoms with van der Waals surface area (Å²) < 4.78 is 0. The Hall–Kier alpha value is -8.86. The van der Waals surface area contributed by atoms with Gasteiger partial charge in [0.2, 0.25) is 0 Å². The van der Waals surface area contributed by atoms with E-state index in [9.17, 15) is 0 Å². The second-order valence-corrected chi connectivity index (χ2v) is 16.2. The molecular weight excluding hydrogens is 801 g/mol. The maximum atomic E-state index is 5.61. The molecule has 0 saturated heterocycles. The van der Waals surface area contributed by atoms with E-state index in [0.717, 1.165) is 94.8 Å². The van der Waals surface area contributed by atoms with Crippen LogP contribution in [0.4, 0.5) is 0 Å². The van der Waals surface area contributed by atoms with Crippen LogP contribution in [0.2, 0.25) is 0 Å². The molecule has 11 rings (SSSR count). The third-order valence-corrected chi connectivity index (χ3v) is 12.0. The first kappa shape index (κ1) is 40.0. The van der Waals surface area contributed by atoms with Gasteiger partial charge in [0.05, 0.1) is 11.4 Å². The van der Waals surface area contributed by atoms with E-state index in [1.54, 1.807) is 0 Å². The Bertz CT molecular complexity index is 3300. The standard InChI is InChI=1S/C62H42N4/c1-7-20-43(21-8-1)44-36-40-52(41-37-44)61-64-60(51-30-17-6-18-31-51)65-62(66-61)54-33-19-32-53(42-54)45-34-38-48(39-35-45)55-56(46-22-9-2-10-23-46)58(49-26-13-4-14-27-49)63-59(50-28-15-5-16-29-50)57(55)47-24-11-3-12-25-47/h1-42H. The SMILES string of the molecule is c1ccc(-c2ccc(-c3nc(-c4ccccc4)nc(-c4cccc(-c5ccc(-c6c(-c7ccccc7)c(-c7ccccc7)nc(-c7ccccc7)c6-c6ccccc6)cc5)c4)n3)cc2)cc1. The predicted octanol–water partition coefficient (Wildman–Crippen LogP) is 15.9. The molecule has 0 amide bonds. The predicted molar refractivity (Wildman–Crippen MR) is 272 cm³/mol. The first-order valence-corrected chi connectivity index (χ1v) is 22.2. The molecule has 11 aromatic rings. The van der Waals surface area contributed by atoms with Crippen LogP contribution in [-0.2, 0) is 0 Å². The van der Waals surface area contributed by atoms with Crippen LogP contribution in [0, 0.1) is 0 Å². The Morgan fingerprint density at radius 1 is 0.167 bits per heavy atom. The highest BCUT2D eigenvalue weighted by molar-refractivity contribution is 6.05. The molecule has 0 aliphatic heterocycles. The van der Waals surface area contributed by atoms with Crippen molar-refractivity contribution in [3.05, 3.63) is 255 Å². The quantitative estimate of drug-likeness (QED) is 0.138. The van der Waals surface area contributed by atoms with E-state index >= 15 is 0 Å². The van der Waals surface area contributed by atoms with Crippen molar-refractivity contribution in [2.45, 2.75) is 0 Å². The molecule has 4 heteroatoms. The van der Waals surface area contributed by atoms with Crippen LogP contribution in [0.3, 0.4) is 0 Å². The van der Waals surface area contributed by atoms with Gasteiger partial charge in [0.15, 0.2) is 17.5 Å². The topological polar surface area (TPSA) is 51.6 Å². The van der Waals surface area contributed by atoms with Crippen molar-refractivity contribution in [2.75, 3.05) is 0 Å². The zero-order valence-corrected chi connectivity index (χ0v) is 36.0. The van der Waals surface area contributed by atoms with E-state index in [1.807, 2.05) is 36.4 Å². The molecule has 2 heterocycles. The highest BCUT2D eigenvalue weighted by atomic mass is 15.0. The first-order chi connectivity index (χ1) is 32.7. The Morgan fingerprint density at radius 3 is 0.894 bits per heavy atom. The smallest absolute Gasteiger partial charge is 0.164 e. The number of hydrogen-bond acceptors (Lipinski definition) is 4. The molecule has 310 valence electrons. The summed E-state index contributed by atoms with van der Waals surface area (Å²) in [7, 11) is 0. The average Bonchev–Trinajstić information content (AvgIpc) is 3.42. The molecule has 0 N–H and O–H groups in total. The molecule has 0 spiro atoms. The summed E-state index contributed by atoms with van der Waals surface area (Å²) in [4.78, 5) is 20.8. The van der Waals surface area contributed by atoms with Crippen LogP contribution in [0.15, 0.2) is 255 Å². The van der Waals surface area contributed by atoms with Gasteiger partial charge in [-0.3, -0.25) is 0 Å². The fourth-order valence-electron chi connectivity index (χ4n) is 8.72. The fraction of sp³-hybridized carbons (Fsp3) is 0. The summed E-state index contributed by atoms with van der Waals surface area (Å²) in [6.07, 6.45) is 0. The normalized spacial score (nSPS) is 11.0. The number of benzene rings is 9. The van der Waals surface area contributed by atoms with Gasteiger partial charge in [0.25, 0.3) is 0 Å². The zero-order chi connectivity index (χ0) is 44.1. The highest BCUT2D eigenvalue weighted by Gasteiger charge is 2.25. The van der Waals surface area contributed by atoms with E-state index in [1.165, 1.54) is 0 Å². The van der Waals surface area contributed by atoms with Gasteiger partial charge in [-0.1, -0.05) is 249 Å². The number of rotatable bonds is 10. The van der Waals surface area contributed by atoms with Crippen LogP contribution in [0.5, 0.6) is 0 Å². The lowest BCUT2D eigenvalue weighted by atomic mass is 9.83. The molecule has 0 saturated carbocycles. The van der Waals surface area contributed by atoms with Gasteiger partial charge in [-0.25, -0.2) is 19.9 Å². The Morgan fingerprint density at radius 2 is 0.439 bits per heavy atom. The van der Waals surface area contributed by atoms with E-state index in [4.69, 9.17) is 19.9 Å². The van der Waals surface area contributed by atoms with Gasteiger partial charge in [0.1, 0.15) is 0 Å². The van der Waals surface area contributed by atoms with Gasteiger partial charge in [-0.05, 0) is 45.0 Å². The lowest BCUT2D eigenvalue weighted by molar-refractivity contribution is 1.07. The highest BCUT2D eigenvalue weighted by Crippen LogP contribution is 2.49. The number of nitrogens with zero attached hydrogens (tertiary/aromatic N) is 4. The van der Waals surface area contributed by atoms with Crippen LogP contribution >= 0.6 is 0 Å². The third kappa shape index (κ3) is 8.11. The van der Waals surface area contributed by atoms with Crippen LogP contribution in [-0.4, -0.2) is 19.9 Å². The maximum absolute atomic E-state index is 5.61. The van der Waals surface area contributed by atoms with E-state index in [-0.39, 0.29) is 0 Å². The van der Waals surface area contributed by atoms with E-state index < -0.39 is 0 Å². The Kier molecular flexibility index (Phi) is 10.9. The summed E-state index contributed by atoms with van der Waals surface area (Å²) in [5, 5.41) is 0. The van der Waals surface area contributed by atoms with Crippen molar-refractivity contribution in [3.8, 4) is 112 Å². The van der Waals surface area contributed by atoms with Gasteiger partial charge >= 0.3 is 0 Å². The second-order valence-electron chi connectivity index (χ2n) is 16.2. The molecule has 0 atom stereocenters. The summed E-state index contributed by atoms with van der Waals surface area (Å²) in [6, 6.07) is 88.9. The monoisotopic (exact) mass is 842 g/mol. The molecule has 0 aliphatic rings. The lowest BCUT2D eigenvalue weighted by Gasteiger charge is -2.23. The molecule has 0 radical (unpaired) electrons. The summed E-state index contributed by atoms with van der Waals surface area (Å²) in [5.74, 6) is 1.87.